The van der Waals surface area contributed by atoms with Gasteiger partial charge in [0.15, 0.2) is 0 Å². The molecular weight excluding hydrogens is 110 g/mol. The number of terminal acetylenes is 1. The molecule has 0 spiro atoms. The van der Waals surface area contributed by atoms with Gasteiger partial charge in [-0.1, -0.05) is 5.92 Å². The lowest BCUT2D eigenvalue weighted by Crippen LogP contribution is -2.26. The van der Waals surface area contributed by atoms with Gasteiger partial charge in [-0.25, -0.2) is 0 Å². The van der Waals surface area contributed by atoms with E-state index in [2.05, 4.69) is 11.2 Å². The molecule has 50 valence electrons. The summed E-state index contributed by atoms with van der Waals surface area (Å²) < 4.78 is 0. The van der Waals surface area contributed by atoms with Crippen LogP contribution in [0.5, 0.6) is 0 Å². The maximum absolute atomic E-state index is 5.17. The van der Waals surface area contributed by atoms with Gasteiger partial charge in [-0.2, -0.15) is 0 Å². The highest BCUT2D eigenvalue weighted by atomic mass is 14.9. The van der Waals surface area contributed by atoms with Gasteiger partial charge >= 0.3 is 0 Å². The summed E-state index contributed by atoms with van der Waals surface area (Å²) in [7, 11) is 0. The van der Waals surface area contributed by atoms with Gasteiger partial charge in [-0.05, 0) is 32.2 Å². The second-order valence-corrected chi connectivity index (χ2v) is 2.74. The van der Waals surface area contributed by atoms with E-state index in [0.717, 1.165) is 12.5 Å². The molecule has 1 aliphatic rings. The maximum Gasteiger partial charge on any atom is 0.0658 e. The Kier molecular flexibility index (Phi) is 2.13. The zero-order valence-electron chi connectivity index (χ0n) is 5.85. The molecule has 0 amide bonds. The van der Waals surface area contributed by atoms with Crippen LogP contribution in [0.1, 0.15) is 19.8 Å². The lowest BCUT2D eigenvalue weighted by Gasteiger charge is -2.04. The first kappa shape index (κ1) is 6.64. The first-order chi connectivity index (χ1) is 4.33. The Labute approximate surface area is 56.8 Å². The second kappa shape index (κ2) is 2.89. The molecule has 1 atom stereocenters. The van der Waals surface area contributed by atoms with Crippen molar-refractivity contribution in [2.75, 3.05) is 6.54 Å². The van der Waals surface area contributed by atoms with E-state index >= 15 is 0 Å². The van der Waals surface area contributed by atoms with Crippen molar-refractivity contribution in [1.29, 1.82) is 0 Å². The van der Waals surface area contributed by atoms with Gasteiger partial charge in [0, 0.05) is 0 Å². The Morgan fingerprint density at radius 2 is 2.44 bits per heavy atom. The third-order valence-corrected chi connectivity index (χ3v) is 1.66. The van der Waals surface area contributed by atoms with E-state index < -0.39 is 0 Å². The predicted molar refractivity (Wildman–Crippen MR) is 39.0 cm³/mol. The number of hydrogen-bond donors (Lipinski definition) is 1. The van der Waals surface area contributed by atoms with Crippen LogP contribution < -0.4 is 5.32 Å². The summed E-state index contributed by atoms with van der Waals surface area (Å²) in [5.74, 6) is 3.57. The van der Waals surface area contributed by atoms with Crippen LogP contribution in [0.3, 0.4) is 0 Å². The normalized spacial score (nSPS) is 20.9. The Balaban J connectivity index is 1.97. The fourth-order valence-corrected chi connectivity index (χ4v) is 0.724. The average molecular weight is 123 g/mol. The standard InChI is InChI=1S/C8H13N/c1-3-7(2)9-6-8-4-5-8/h1,7-9H,4-6H2,2H3. The van der Waals surface area contributed by atoms with E-state index in [1.165, 1.54) is 12.8 Å². The van der Waals surface area contributed by atoms with Crippen molar-refractivity contribution in [3.05, 3.63) is 0 Å². The lowest BCUT2D eigenvalue weighted by atomic mass is 10.3. The summed E-state index contributed by atoms with van der Waals surface area (Å²) in [6, 6.07) is 0.255. The van der Waals surface area contributed by atoms with Crippen molar-refractivity contribution >= 4 is 0 Å². The molecule has 9 heavy (non-hydrogen) atoms. The minimum atomic E-state index is 0.255. The number of hydrogen-bond acceptors (Lipinski definition) is 1. The van der Waals surface area contributed by atoms with Crippen molar-refractivity contribution in [2.45, 2.75) is 25.8 Å². The Morgan fingerprint density at radius 3 is 2.89 bits per heavy atom. The van der Waals surface area contributed by atoms with Crippen LogP contribution in [0.4, 0.5) is 0 Å². The zero-order chi connectivity index (χ0) is 6.69. The maximum atomic E-state index is 5.17. The van der Waals surface area contributed by atoms with Crippen LogP contribution in [0, 0.1) is 18.3 Å². The summed E-state index contributed by atoms with van der Waals surface area (Å²) in [6.45, 7) is 3.13. The smallest absolute Gasteiger partial charge is 0.0658 e. The second-order valence-electron chi connectivity index (χ2n) is 2.74. The molecular formula is C8H13N. The lowest BCUT2D eigenvalue weighted by molar-refractivity contribution is 0.607. The van der Waals surface area contributed by atoms with Gasteiger partial charge in [0.1, 0.15) is 0 Å². The van der Waals surface area contributed by atoms with Crippen molar-refractivity contribution in [1.82, 2.24) is 5.32 Å². The monoisotopic (exact) mass is 123 g/mol. The van der Waals surface area contributed by atoms with E-state index in [4.69, 9.17) is 6.42 Å². The highest BCUT2D eigenvalue weighted by Gasteiger charge is 2.20. The minimum Gasteiger partial charge on any atom is -0.304 e. The largest absolute Gasteiger partial charge is 0.304 e. The summed E-state index contributed by atoms with van der Waals surface area (Å²) in [4.78, 5) is 0. The van der Waals surface area contributed by atoms with E-state index in [1.807, 2.05) is 6.92 Å². The summed E-state index contributed by atoms with van der Waals surface area (Å²) >= 11 is 0. The SMILES string of the molecule is C#CC(C)NCC1CC1. The third kappa shape index (κ3) is 2.53. The molecule has 1 rings (SSSR count). The fourth-order valence-electron chi connectivity index (χ4n) is 0.724. The molecule has 0 aromatic carbocycles. The molecule has 0 aromatic rings. The van der Waals surface area contributed by atoms with E-state index in [0.29, 0.717) is 0 Å². The first-order valence-corrected chi connectivity index (χ1v) is 3.52. The molecule has 1 heteroatoms. The van der Waals surface area contributed by atoms with Gasteiger partial charge in [0.25, 0.3) is 0 Å². The van der Waals surface area contributed by atoms with Crippen LogP contribution in [-0.2, 0) is 0 Å². The van der Waals surface area contributed by atoms with Gasteiger partial charge in [0.2, 0.25) is 0 Å². The van der Waals surface area contributed by atoms with Crippen LogP contribution in [0.2, 0.25) is 0 Å². The van der Waals surface area contributed by atoms with Crippen molar-refractivity contribution in [2.24, 2.45) is 5.92 Å². The molecule has 0 aliphatic heterocycles. The molecule has 0 saturated heterocycles. The van der Waals surface area contributed by atoms with Gasteiger partial charge in [-0.15, -0.1) is 6.42 Å². The van der Waals surface area contributed by atoms with E-state index in [1.54, 1.807) is 0 Å². The number of rotatable bonds is 3. The van der Waals surface area contributed by atoms with Gasteiger partial charge < -0.3 is 5.32 Å². The van der Waals surface area contributed by atoms with E-state index in [9.17, 15) is 0 Å². The number of nitrogens with one attached hydrogen (secondary N) is 1. The first-order valence-electron chi connectivity index (χ1n) is 3.52. The summed E-state index contributed by atoms with van der Waals surface area (Å²) in [5.41, 5.74) is 0. The minimum absolute atomic E-state index is 0.255. The van der Waals surface area contributed by atoms with Crippen molar-refractivity contribution in [3.63, 3.8) is 0 Å². The zero-order valence-corrected chi connectivity index (χ0v) is 5.85. The molecule has 1 fully saturated rings. The summed E-state index contributed by atoms with van der Waals surface area (Å²) in [6.07, 6.45) is 7.95. The Morgan fingerprint density at radius 1 is 1.78 bits per heavy atom. The molecule has 0 radical (unpaired) electrons. The Hall–Kier alpha value is -0.480. The summed E-state index contributed by atoms with van der Waals surface area (Å²) in [5, 5.41) is 3.26. The molecule has 1 aliphatic carbocycles. The highest BCUT2D eigenvalue weighted by molar-refractivity contribution is 4.96. The molecule has 0 bridgehead atoms. The van der Waals surface area contributed by atoms with Crippen LogP contribution in [0.25, 0.3) is 0 Å². The molecule has 1 nitrogen and oxygen atoms in total. The van der Waals surface area contributed by atoms with Crippen molar-refractivity contribution < 1.29 is 0 Å². The van der Waals surface area contributed by atoms with Crippen LogP contribution >= 0.6 is 0 Å². The van der Waals surface area contributed by atoms with Gasteiger partial charge in [0.05, 0.1) is 6.04 Å². The molecule has 0 heterocycles. The van der Waals surface area contributed by atoms with Crippen LogP contribution in [0.15, 0.2) is 0 Å². The molecule has 1 unspecified atom stereocenters. The molecule has 1 saturated carbocycles. The molecule has 0 aromatic heterocycles. The van der Waals surface area contributed by atoms with E-state index in [-0.39, 0.29) is 6.04 Å². The quantitative estimate of drug-likeness (QED) is 0.552. The fraction of sp³-hybridized carbons (Fsp3) is 0.750. The Bertz CT molecular complexity index is 119. The van der Waals surface area contributed by atoms with Crippen LogP contribution in [-0.4, -0.2) is 12.6 Å². The van der Waals surface area contributed by atoms with Gasteiger partial charge in [-0.3, -0.25) is 0 Å². The third-order valence-electron chi connectivity index (χ3n) is 1.66. The topological polar surface area (TPSA) is 12.0 Å². The average Bonchev–Trinajstić information content (AvgIpc) is 2.65. The highest BCUT2D eigenvalue weighted by Crippen LogP contribution is 2.27. The van der Waals surface area contributed by atoms with Crippen molar-refractivity contribution in [3.8, 4) is 12.3 Å². The molecule has 1 N–H and O–H groups in total. The predicted octanol–water partition coefficient (Wildman–Crippen LogP) is 1.01.